The molecule has 0 spiro atoms. The van der Waals surface area contributed by atoms with Crippen molar-refractivity contribution < 1.29 is 17.9 Å². The highest BCUT2D eigenvalue weighted by Gasteiger charge is 2.36. The fourth-order valence-corrected chi connectivity index (χ4v) is 4.47. The Kier molecular flexibility index (Phi) is 7.31. The number of hydrogen-bond donors (Lipinski definition) is 0. The van der Waals surface area contributed by atoms with Crippen molar-refractivity contribution >= 4 is 21.6 Å². The quantitative estimate of drug-likeness (QED) is 0.475. The van der Waals surface area contributed by atoms with Crippen molar-refractivity contribution in [1.29, 1.82) is 0 Å². The Morgan fingerprint density at radius 3 is 2.43 bits per heavy atom. The van der Waals surface area contributed by atoms with Crippen LogP contribution in [0, 0.1) is 6.92 Å². The van der Waals surface area contributed by atoms with E-state index in [0.29, 0.717) is 5.57 Å². The van der Waals surface area contributed by atoms with Gasteiger partial charge in [0.2, 0.25) is 10.0 Å². The molecule has 0 saturated heterocycles. The number of hydrogen-bond acceptors (Lipinski definition) is 4. The highest BCUT2D eigenvalue weighted by atomic mass is 32.2. The fourth-order valence-electron chi connectivity index (χ4n) is 2.86. The Morgan fingerprint density at radius 1 is 1.18 bits per heavy atom. The van der Waals surface area contributed by atoms with Gasteiger partial charge in [0.15, 0.2) is 0 Å². The van der Waals surface area contributed by atoms with Gasteiger partial charge in [-0.2, -0.15) is 4.31 Å². The summed E-state index contributed by atoms with van der Waals surface area (Å²) in [6, 6.07) is 14.6. The Hall–Kier alpha value is -2.70. The largest absolute Gasteiger partial charge is 0.468 e. The van der Waals surface area contributed by atoms with E-state index in [-0.39, 0.29) is 17.9 Å². The molecular formula is C22H25NO4S. The zero-order valence-electron chi connectivity index (χ0n) is 16.2. The number of esters is 1. The van der Waals surface area contributed by atoms with E-state index in [9.17, 15) is 13.2 Å². The number of benzene rings is 2. The number of carbonyl (C=O) groups is 1. The standard InChI is InChI=1S/C22H25NO4S/c1-5-10-21(22(24)27-4)23(28(25,26)20-13-7-6-8-14-20)16-18(3)19-12-9-11-17(2)15-19/h5-9,11-15,21H,1,3,10,16H2,2,4H3. The summed E-state index contributed by atoms with van der Waals surface area (Å²) in [4.78, 5) is 12.5. The second kappa shape index (κ2) is 9.48. The van der Waals surface area contributed by atoms with Gasteiger partial charge in [-0.05, 0) is 36.6 Å². The molecule has 0 fully saturated rings. The summed E-state index contributed by atoms with van der Waals surface area (Å²) in [5, 5.41) is 0. The third-order valence-corrected chi connectivity index (χ3v) is 6.20. The third-order valence-electron chi connectivity index (χ3n) is 4.33. The molecule has 1 unspecified atom stereocenters. The lowest BCUT2D eigenvalue weighted by molar-refractivity contribution is -0.144. The topological polar surface area (TPSA) is 63.7 Å². The number of methoxy groups -OCH3 is 1. The fraction of sp³-hybridized carbons (Fsp3) is 0.227. The van der Waals surface area contributed by atoms with Crippen LogP contribution in [0.4, 0.5) is 0 Å². The first-order valence-corrected chi connectivity index (χ1v) is 10.3. The summed E-state index contributed by atoms with van der Waals surface area (Å²) in [7, 11) is -2.73. The van der Waals surface area contributed by atoms with Gasteiger partial charge >= 0.3 is 5.97 Å². The zero-order valence-corrected chi connectivity index (χ0v) is 17.0. The van der Waals surface area contributed by atoms with Crippen LogP contribution in [0.2, 0.25) is 0 Å². The van der Waals surface area contributed by atoms with Crippen LogP contribution in [0.5, 0.6) is 0 Å². The van der Waals surface area contributed by atoms with Crippen molar-refractivity contribution in [2.45, 2.75) is 24.3 Å². The minimum Gasteiger partial charge on any atom is -0.468 e. The predicted octanol–water partition coefficient (Wildman–Crippen LogP) is 3.82. The van der Waals surface area contributed by atoms with Gasteiger partial charge in [0.25, 0.3) is 0 Å². The highest BCUT2D eigenvalue weighted by Crippen LogP contribution is 2.25. The third kappa shape index (κ3) is 4.97. The van der Waals surface area contributed by atoms with Crippen LogP contribution >= 0.6 is 0 Å². The van der Waals surface area contributed by atoms with E-state index in [1.54, 1.807) is 18.2 Å². The number of carbonyl (C=O) groups excluding carboxylic acids is 1. The van der Waals surface area contributed by atoms with Crippen LogP contribution in [0.1, 0.15) is 17.5 Å². The second-order valence-corrected chi connectivity index (χ2v) is 8.29. The normalized spacial score (nSPS) is 12.4. The molecule has 0 heterocycles. The second-order valence-electron chi connectivity index (χ2n) is 6.40. The molecule has 28 heavy (non-hydrogen) atoms. The summed E-state index contributed by atoms with van der Waals surface area (Å²) >= 11 is 0. The first kappa shape index (κ1) is 21.6. The van der Waals surface area contributed by atoms with Gasteiger partial charge in [-0.1, -0.05) is 60.7 Å². The highest BCUT2D eigenvalue weighted by molar-refractivity contribution is 7.89. The molecule has 0 aliphatic heterocycles. The summed E-state index contributed by atoms with van der Waals surface area (Å²) < 4.78 is 32.7. The lowest BCUT2D eigenvalue weighted by Crippen LogP contribution is -2.46. The maximum absolute atomic E-state index is 13.3. The lowest BCUT2D eigenvalue weighted by atomic mass is 10.0. The van der Waals surface area contributed by atoms with E-state index in [0.717, 1.165) is 15.4 Å². The number of nitrogens with zero attached hydrogens (tertiary/aromatic N) is 1. The number of rotatable bonds is 9. The maximum Gasteiger partial charge on any atom is 0.324 e. The van der Waals surface area contributed by atoms with Crippen molar-refractivity contribution in [1.82, 2.24) is 4.31 Å². The molecule has 0 aromatic heterocycles. The molecule has 6 heteroatoms. The summed E-state index contributed by atoms with van der Waals surface area (Å²) in [6.07, 6.45) is 1.63. The van der Waals surface area contributed by atoms with Crippen LogP contribution in [0.15, 0.2) is 78.7 Å². The smallest absolute Gasteiger partial charge is 0.324 e. The van der Waals surface area contributed by atoms with E-state index >= 15 is 0 Å². The van der Waals surface area contributed by atoms with Gasteiger partial charge in [0, 0.05) is 6.54 Å². The van der Waals surface area contributed by atoms with Crippen molar-refractivity contribution in [3.63, 3.8) is 0 Å². The minimum atomic E-state index is -3.97. The SMILES string of the molecule is C=CCC(C(=O)OC)N(CC(=C)c1cccc(C)c1)S(=O)(=O)c1ccccc1. The summed E-state index contributed by atoms with van der Waals surface area (Å²) in [5.41, 5.74) is 2.43. The van der Waals surface area contributed by atoms with Gasteiger partial charge in [-0.25, -0.2) is 8.42 Å². The molecule has 0 amide bonds. The van der Waals surface area contributed by atoms with Crippen LogP contribution in [0.3, 0.4) is 0 Å². The Labute approximate surface area is 167 Å². The molecule has 2 aromatic rings. The monoisotopic (exact) mass is 399 g/mol. The molecule has 5 nitrogen and oxygen atoms in total. The number of aryl methyl sites for hydroxylation is 1. The van der Waals surface area contributed by atoms with E-state index in [4.69, 9.17) is 4.74 Å². The molecular weight excluding hydrogens is 374 g/mol. The number of sulfonamides is 1. The molecule has 2 rings (SSSR count). The molecule has 0 aliphatic rings. The van der Waals surface area contributed by atoms with Crippen LogP contribution in [0.25, 0.3) is 5.57 Å². The van der Waals surface area contributed by atoms with Gasteiger partial charge in [-0.3, -0.25) is 4.79 Å². The first-order valence-electron chi connectivity index (χ1n) is 8.81. The molecule has 0 N–H and O–H groups in total. The lowest BCUT2D eigenvalue weighted by Gasteiger charge is -2.29. The van der Waals surface area contributed by atoms with Crippen LogP contribution in [-0.2, 0) is 19.6 Å². The Balaban J connectivity index is 2.50. The molecule has 1 atom stereocenters. The van der Waals surface area contributed by atoms with Crippen molar-refractivity contribution in [3.8, 4) is 0 Å². The summed E-state index contributed by atoms with van der Waals surface area (Å²) in [5.74, 6) is -0.642. The Bertz CT molecular complexity index is 952. The van der Waals surface area contributed by atoms with Gasteiger partial charge < -0.3 is 4.74 Å². The van der Waals surface area contributed by atoms with E-state index in [1.807, 2.05) is 31.2 Å². The van der Waals surface area contributed by atoms with E-state index in [1.165, 1.54) is 25.3 Å². The maximum atomic E-state index is 13.3. The van der Waals surface area contributed by atoms with Crippen LogP contribution < -0.4 is 0 Å². The predicted molar refractivity (Wildman–Crippen MR) is 111 cm³/mol. The van der Waals surface area contributed by atoms with Crippen molar-refractivity contribution in [3.05, 3.63) is 85.0 Å². The molecule has 0 aliphatic carbocycles. The molecule has 0 radical (unpaired) electrons. The molecule has 0 bridgehead atoms. The first-order chi connectivity index (χ1) is 13.3. The van der Waals surface area contributed by atoms with Crippen molar-refractivity contribution in [2.75, 3.05) is 13.7 Å². The average Bonchev–Trinajstić information content (AvgIpc) is 2.70. The number of ether oxygens (including phenoxy) is 1. The van der Waals surface area contributed by atoms with Crippen molar-refractivity contribution in [2.24, 2.45) is 0 Å². The van der Waals surface area contributed by atoms with E-state index in [2.05, 4.69) is 13.2 Å². The molecule has 148 valence electrons. The zero-order chi connectivity index (χ0) is 20.7. The van der Waals surface area contributed by atoms with E-state index < -0.39 is 22.0 Å². The summed E-state index contributed by atoms with van der Waals surface area (Å²) in [6.45, 7) is 9.61. The van der Waals surface area contributed by atoms with Gasteiger partial charge in [-0.15, -0.1) is 6.58 Å². The molecule has 2 aromatic carbocycles. The minimum absolute atomic E-state index is 0.0473. The van der Waals surface area contributed by atoms with Gasteiger partial charge in [0.1, 0.15) is 6.04 Å². The average molecular weight is 400 g/mol. The molecule has 0 saturated carbocycles. The Morgan fingerprint density at radius 2 is 1.86 bits per heavy atom. The van der Waals surface area contributed by atoms with Gasteiger partial charge in [0.05, 0.1) is 12.0 Å². The van der Waals surface area contributed by atoms with Crippen LogP contribution in [-0.4, -0.2) is 38.4 Å².